The van der Waals surface area contributed by atoms with Crippen molar-refractivity contribution in [2.45, 2.75) is 18.8 Å². The Labute approximate surface area is 115 Å². The van der Waals surface area contributed by atoms with E-state index in [2.05, 4.69) is 5.32 Å². The SMILES string of the molecule is O=C(NC1CN(C(=O)O)CC1O)OCc1ccccc1. The standard InChI is InChI=1S/C13H16N2O5/c16-11-7-15(13(18)19)6-10(11)14-12(17)20-8-9-4-2-1-3-5-9/h1-5,10-11,16H,6-8H2,(H,14,17)(H,18,19). The smallest absolute Gasteiger partial charge is 0.407 e. The van der Waals surface area contributed by atoms with Gasteiger partial charge in [-0.2, -0.15) is 0 Å². The van der Waals surface area contributed by atoms with E-state index in [1.54, 1.807) is 0 Å². The Morgan fingerprint density at radius 1 is 1.30 bits per heavy atom. The summed E-state index contributed by atoms with van der Waals surface area (Å²) in [5.74, 6) is 0. The van der Waals surface area contributed by atoms with Crippen LogP contribution in [0, 0.1) is 0 Å². The molecule has 1 aromatic carbocycles. The fourth-order valence-corrected chi connectivity index (χ4v) is 2.00. The van der Waals surface area contributed by atoms with Gasteiger partial charge in [-0.1, -0.05) is 30.3 Å². The summed E-state index contributed by atoms with van der Waals surface area (Å²) in [5.41, 5.74) is 0.849. The molecule has 2 atom stereocenters. The van der Waals surface area contributed by atoms with Crippen LogP contribution in [0.4, 0.5) is 9.59 Å². The van der Waals surface area contributed by atoms with Gasteiger partial charge in [0.05, 0.1) is 18.7 Å². The molecule has 2 amide bonds. The number of rotatable bonds is 3. The summed E-state index contributed by atoms with van der Waals surface area (Å²) in [4.78, 5) is 23.4. The Kier molecular flexibility index (Phi) is 4.41. The van der Waals surface area contributed by atoms with Crippen molar-refractivity contribution in [2.24, 2.45) is 0 Å². The molecule has 0 radical (unpaired) electrons. The molecule has 20 heavy (non-hydrogen) atoms. The van der Waals surface area contributed by atoms with Crippen molar-refractivity contribution in [1.29, 1.82) is 0 Å². The van der Waals surface area contributed by atoms with Gasteiger partial charge in [0.1, 0.15) is 6.61 Å². The molecular weight excluding hydrogens is 264 g/mol. The van der Waals surface area contributed by atoms with Crippen LogP contribution in [0.3, 0.4) is 0 Å². The topological polar surface area (TPSA) is 99.1 Å². The molecule has 1 aliphatic heterocycles. The predicted molar refractivity (Wildman–Crippen MR) is 69.2 cm³/mol. The molecule has 1 saturated heterocycles. The summed E-state index contributed by atoms with van der Waals surface area (Å²) in [7, 11) is 0. The second kappa shape index (κ2) is 6.25. The van der Waals surface area contributed by atoms with Crippen molar-refractivity contribution < 1.29 is 24.5 Å². The van der Waals surface area contributed by atoms with Gasteiger partial charge in [-0.25, -0.2) is 9.59 Å². The number of aliphatic hydroxyl groups excluding tert-OH is 1. The van der Waals surface area contributed by atoms with Crippen LogP contribution in [0.25, 0.3) is 0 Å². The van der Waals surface area contributed by atoms with Crippen LogP contribution in [-0.4, -0.2) is 52.5 Å². The van der Waals surface area contributed by atoms with Crippen LogP contribution >= 0.6 is 0 Å². The van der Waals surface area contributed by atoms with Crippen LogP contribution in [-0.2, 0) is 11.3 Å². The van der Waals surface area contributed by atoms with E-state index in [1.807, 2.05) is 30.3 Å². The number of carbonyl (C=O) groups excluding carboxylic acids is 1. The summed E-state index contributed by atoms with van der Waals surface area (Å²) < 4.78 is 5.01. The quantitative estimate of drug-likeness (QED) is 0.754. The second-order valence-corrected chi connectivity index (χ2v) is 4.57. The number of ether oxygens (including phenoxy) is 1. The van der Waals surface area contributed by atoms with Crippen molar-refractivity contribution in [2.75, 3.05) is 13.1 Å². The minimum absolute atomic E-state index is 0.0149. The fraction of sp³-hybridized carbons (Fsp3) is 0.385. The van der Waals surface area contributed by atoms with E-state index in [9.17, 15) is 14.7 Å². The highest BCUT2D eigenvalue weighted by atomic mass is 16.5. The summed E-state index contributed by atoms with van der Waals surface area (Å²) in [6.45, 7) is 0.161. The Morgan fingerprint density at radius 3 is 2.60 bits per heavy atom. The largest absolute Gasteiger partial charge is 0.465 e. The van der Waals surface area contributed by atoms with Gasteiger partial charge < -0.3 is 25.2 Å². The van der Waals surface area contributed by atoms with Crippen LogP contribution in [0.1, 0.15) is 5.56 Å². The number of alkyl carbamates (subject to hydrolysis) is 1. The zero-order valence-electron chi connectivity index (χ0n) is 10.7. The van der Waals surface area contributed by atoms with Crippen molar-refractivity contribution in [3.8, 4) is 0 Å². The first-order chi connectivity index (χ1) is 9.56. The van der Waals surface area contributed by atoms with Crippen molar-refractivity contribution in [1.82, 2.24) is 10.2 Å². The van der Waals surface area contributed by atoms with E-state index >= 15 is 0 Å². The number of amides is 2. The van der Waals surface area contributed by atoms with E-state index < -0.39 is 24.3 Å². The van der Waals surface area contributed by atoms with Gasteiger partial charge in [-0.05, 0) is 5.56 Å². The van der Waals surface area contributed by atoms with Crippen LogP contribution in [0.5, 0.6) is 0 Å². The number of likely N-dealkylation sites (tertiary alicyclic amines) is 1. The molecule has 3 N–H and O–H groups in total. The fourth-order valence-electron chi connectivity index (χ4n) is 2.00. The maximum atomic E-state index is 11.6. The monoisotopic (exact) mass is 280 g/mol. The minimum Gasteiger partial charge on any atom is -0.465 e. The Morgan fingerprint density at radius 2 is 2.00 bits per heavy atom. The molecule has 0 aromatic heterocycles. The third-order valence-corrected chi connectivity index (χ3v) is 3.08. The molecule has 0 aliphatic carbocycles. The Bertz CT molecular complexity index is 479. The van der Waals surface area contributed by atoms with Crippen molar-refractivity contribution >= 4 is 12.2 Å². The van der Waals surface area contributed by atoms with E-state index in [-0.39, 0.29) is 19.7 Å². The summed E-state index contributed by atoms with van der Waals surface area (Å²) in [5, 5.41) is 20.9. The third kappa shape index (κ3) is 3.61. The number of carbonyl (C=O) groups is 2. The molecule has 0 bridgehead atoms. The summed E-state index contributed by atoms with van der Waals surface area (Å²) in [6, 6.07) is 8.53. The molecule has 2 rings (SSSR count). The van der Waals surface area contributed by atoms with Gasteiger partial charge in [0.15, 0.2) is 0 Å². The van der Waals surface area contributed by atoms with Gasteiger partial charge in [0.25, 0.3) is 0 Å². The molecule has 1 fully saturated rings. The molecule has 0 spiro atoms. The maximum absolute atomic E-state index is 11.6. The zero-order chi connectivity index (χ0) is 14.5. The lowest BCUT2D eigenvalue weighted by Gasteiger charge is -2.15. The average Bonchev–Trinajstić information content (AvgIpc) is 2.79. The summed E-state index contributed by atoms with van der Waals surface area (Å²) in [6.07, 6.45) is -2.72. The van der Waals surface area contributed by atoms with Crippen LogP contribution in [0.15, 0.2) is 30.3 Å². The number of β-amino-alcohol motifs (C(OH)–C–C–N with tert-alkyl or cyclic N) is 1. The maximum Gasteiger partial charge on any atom is 0.407 e. The third-order valence-electron chi connectivity index (χ3n) is 3.08. The number of nitrogens with zero attached hydrogens (tertiary/aromatic N) is 1. The Balaban J connectivity index is 1.79. The van der Waals surface area contributed by atoms with Gasteiger partial charge >= 0.3 is 12.2 Å². The van der Waals surface area contributed by atoms with E-state index in [0.29, 0.717) is 0 Å². The predicted octanol–water partition coefficient (Wildman–Crippen LogP) is 0.636. The molecule has 7 nitrogen and oxygen atoms in total. The van der Waals surface area contributed by atoms with Crippen molar-refractivity contribution in [3.63, 3.8) is 0 Å². The first kappa shape index (κ1) is 14.1. The number of nitrogens with one attached hydrogen (secondary N) is 1. The van der Waals surface area contributed by atoms with Crippen molar-refractivity contribution in [3.05, 3.63) is 35.9 Å². The van der Waals surface area contributed by atoms with Gasteiger partial charge in [0.2, 0.25) is 0 Å². The number of benzene rings is 1. The number of aliphatic hydroxyl groups is 1. The molecule has 1 aliphatic rings. The highest BCUT2D eigenvalue weighted by Crippen LogP contribution is 2.10. The molecule has 1 aromatic rings. The Hall–Kier alpha value is -2.28. The normalized spacial score (nSPS) is 21.6. The molecule has 1 heterocycles. The first-order valence-electron chi connectivity index (χ1n) is 6.19. The van der Waals surface area contributed by atoms with E-state index in [1.165, 1.54) is 0 Å². The minimum atomic E-state index is -1.12. The lowest BCUT2D eigenvalue weighted by molar-refractivity contribution is 0.117. The first-order valence-corrected chi connectivity index (χ1v) is 6.19. The van der Waals surface area contributed by atoms with Crippen LogP contribution in [0.2, 0.25) is 0 Å². The lowest BCUT2D eigenvalue weighted by Crippen LogP contribution is -2.43. The van der Waals surface area contributed by atoms with Gasteiger partial charge in [0, 0.05) is 6.54 Å². The number of hydrogen-bond acceptors (Lipinski definition) is 4. The number of carboxylic acid groups (broad SMARTS) is 1. The second-order valence-electron chi connectivity index (χ2n) is 4.57. The lowest BCUT2D eigenvalue weighted by atomic mass is 10.2. The highest BCUT2D eigenvalue weighted by molar-refractivity contribution is 5.69. The molecule has 0 saturated carbocycles. The van der Waals surface area contributed by atoms with E-state index in [4.69, 9.17) is 9.84 Å². The number of hydrogen-bond donors (Lipinski definition) is 3. The highest BCUT2D eigenvalue weighted by Gasteiger charge is 2.35. The van der Waals surface area contributed by atoms with E-state index in [0.717, 1.165) is 10.5 Å². The molecular formula is C13H16N2O5. The van der Waals surface area contributed by atoms with Crippen LogP contribution < -0.4 is 5.32 Å². The molecule has 2 unspecified atom stereocenters. The average molecular weight is 280 g/mol. The zero-order valence-corrected chi connectivity index (χ0v) is 10.7. The van der Waals surface area contributed by atoms with Gasteiger partial charge in [-0.15, -0.1) is 0 Å². The molecule has 7 heteroatoms. The summed E-state index contributed by atoms with van der Waals surface area (Å²) >= 11 is 0. The molecule has 108 valence electrons. The van der Waals surface area contributed by atoms with Gasteiger partial charge in [-0.3, -0.25) is 0 Å².